The van der Waals surface area contributed by atoms with Crippen LogP contribution >= 0.6 is 15.9 Å². The van der Waals surface area contributed by atoms with Crippen LogP contribution in [0, 0.1) is 0 Å². The molecule has 0 amide bonds. The maximum absolute atomic E-state index is 10.7. The molecule has 0 heterocycles. The topological polar surface area (TPSA) is 37.3 Å². The number of hydrogen-bond acceptors (Lipinski definition) is 1. The van der Waals surface area contributed by atoms with Gasteiger partial charge >= 0.3 is 5.97 Å². The number of alkyl halides is 1. The summed E-state index contributed by atoms with van der Waals surface area (Å²) in [6.45, 7) is 0. The Morgan fingerprint density at radius 3 is 2.56 bits per heavy atom. The van der Waals surface area contributed by atoms with Crippen LogP contribution in [0.2, 0.25) is 0 Å². The molecule has 0 radical (unpaired) electrons. The van der Waals surface area contributed by atoms with E-state index in [0.29, 0.717) is 6.42 Å². The zero-order chi connectivity index (χ0) is 11.5. The molecule has 0 bridgehead atoms. The van der Waals surface area contributed by atoms with Crippen LogP contribution in [0.3, 0.4) is 0 Å². The quantitative estimate of drug-likeness (QED) is 0.876. The molecule has 0 spiro atoms. The second-order valence-corrected chi connectivity index (χ2v) is 4.80. The molecular formula is C13H11BrO2. The van der Waals surface area contributed by atoms with Gasteiger partial charge < -0.3 is 5.11 Å². The molecule has 0 saturated heterocycles. The van der Waals surface area contributed by atoms with Gasteiger partial charge in [0, 0.05) is 0 Å². The number of hydrogen-bond donors (Lipinski definition) is 1. The average Bonchev–Trinajstić information content (AvgIpc) is 2.28. The molecule has 0 aromatic heterocycles. The fourth-order valence-corrected chi connectivity index (χ4v) is 2.03. The third-order valence-corrected chi connectivity index (χ3v) is 3.21. The lowest BCUT2D eigenvalue weighted by molar-refractivity contribution is -0.136. The van der Waals surface area contributed by atoms with Crippen molar-refractivity contribution < 1.29 is 9.90 Å². The van der Waals surface area contributed by atoms with Gasteiger partial charge in [0.15, 0.2) is 0 Å². The highest BCUT2D eigenvalue weighted by Gasteiger charge is 2.13. The third kappa shape index (κ3) is 2.42. The molecule has 82 valence electrons. The molecule has 2 aromatic rings. The number of carbonyl (C=O) groups is 1. The summed E-state index contributed by atoms with van der Waals surface area (Å²) in [7, 11) is 0. The smallest absolute Gasteiger partial charge is 0.317 e. The molecule has 2 rings (SSSR count). The summed E-state index contributed by atoms with van der Waals surface area (Å²) in [4.78, 5) is 10.2. The summed E-state index contributed by atoms with van der Waals surface area (Å²) in [5.74, 6) is -0.826. The molecule has 2 nitrogen and oxygen atoms in total. The second-order valence-electron chi connectivity index (χ2n) is 3.69. The average molecular weight is 279 g/mol. The maximum atomic E-state index is 10.7. The number of aliphatic carboxylic acids is 1. The van der Waals surface area contributed by atoms with E-state index in [9.17, 15) is 4.79 Å². The molecule has 3 heteroatoms. The lowest BCUT2D eigenvalue weighted by atomic mass is 10.0. The van der Waals surface area contributed by atoms with E-state index in [2.05, 4.69) is 15.9 Å². The first-order chi connectivity index (χ1) is 7.66. The number of carboxylic acid groups (broad SMARTS) is 1. The van der Waals surface area contributed by atoms with Crippen molar-refractivity contribution in [3.8, 4) is 0 Å². The van der Waals surface area contributed by atoms with Gasteiger partial charge in [-0.3, -0.25) is 4.79 Å². The van der Waals surface area contributed by atoms with E-state index < -0.39 is 10.8 Å². The Morgan fingerprint density at radius 2 is 1.88 bits per heavy atom. The van der Waals surface area contributed by atoms with E-state index in [1.165, 1.54) is 5.39 Å². The largest absolute Gasteiger partial charge is 0.480 e. The first kappa shape index (κ1) is 11.1. The number of carboxylic acids is 1. The van der Waals surface area contributed by atoms with E-state index in [0.717, 1.165) is 10.9 Å². The summed E-state index contributed by atoms with van der Waals surface area (Å²) >= 11 is 3.14. The van der Waals surface area contributed by atoms with Crippen LogP contribution in [0.15, 0.2) is 42.5 Å². The van der Waals surface area contributed by atoms with E-state index in [1.54, 1.807) is 0 Å². The summed E-state index contributed by atoms with van der Waals surface area (Å²) in [5.41, 5.74) is 1.03. The van der Waals surface area contributed by atoms with Crippen molar-refractivity contribution in [1.82, 2.24) is 0 Å². The van der Waals surface area contributed by atoms with Gasteiger partial charge in [0.25, 0.3) is 0 Å². The molecule has 0 fully saturated rings. The highest BCUT2D eigenvalue weighted by Crippen LogP contribution is 2.18. The van der Waals surface area contributed by atoms with Crippen LogP contribution in [0.5, 0.6) is 0 Å². The number of halogens is 1. The van der Waals surface area contributed by atoms with Gasteiger partial charge in [-0.05, 0) is 22.8 Å². The molecule has 16 heavy (non-hydrogen) atoms. The van der Waals surface area contributed by atoms with Crippen LogP contribution in [-0.2, 0) is 11.2 Å². The van der Waals surface area contributed by atoms with E-state index in [-0.39, 0.29) is 0 Å². The second kappa shape index (κ2) is 4.66. The van der Waals surface area contributed by atoms with E-state index in [1.807, 2.05) is 42.5 Å². The first-order valence-corrected chi connectivity index (χ1v) is 5.93. The first-order valence-electron chi connectivity index (χ1n) is 5.01. The third-order valence-electron chi connectivity index (χ3n) is 2.50. The van der Waals surface area contributed by atoms with Crippen molar-refractivity contribution in [2.75, 3.05) is 0 Å². The van der Waals surface area contributed by atoms with Crippen molar-refractivity contribution in [2.45, 2.75) is 11.2 Å². The number of fused-ring (bicyclic) bond motifs is 1. The van der Waals surface area contributed by atoms with Gasteiger partial charge in [0.05, 0.1) is 0 Å². The Bertz CT molecular complexity index is 522. The minimum atomic E-state index is -0.826. The standard InChI is InChI=1S/C13H11BrO2/c14-12(13(15)16)8-9-5-6-10-3-1-2-4-11(10)7-9/h1-7,12H,8H2,(H,15,16). The minimum absolute atomic E-state index is 0.500. The molecule has 1 unspecified atom stereocenters. The normalized spacial score (nSPS) is 12.6. The van der Waals surface area contributed by atoms with Gasteiger partial charge in [-0.15, -0.1) is 0 Å². The lowest BCUT2D eigenvalue weighted by Crippen LogP contribution is -2.15. The summed E-state index contributed by atoms with van der Waals surface area (Å²) in [5, 5.41) is 11.1. The molecule has 2 aromatic carbocycles. The lowest BCUT2D eigenvalue weighted by Gasteiger charge is -2.06. The van der Waals surface area contributed by atoms with Crippen LogP contribution in [0.4, 0.5) is 0 Å². The van der Waals surface area contributed by atoms with Gasteiger partial charge in [0.1, 0.15) is 4.83 Å². The molecule has 0 aliphatic carbocycles. The SMILES string of the molecule is O=C(O)C(Br)Cc1ccc2ccccc2c1. The fourth-order valence-electron chi connectivity index (χ4n) is 1.66. The van der Waals surface area contributed by atoms with Gasteiger partial charge in [-0.2, -0.15) is 0 Å². The maximum Gasteiger partial charge on any atom is 0.317 e. The summed E-state index contributed by atoms with van der Waals surface area (Å²) < 4.78 is 0. The van der Waals surface area contributed by atoms with Crippen molar-refractivity contribution in [2.24, 2.45) is 0 Å². The zero-order valence-electron chi connectivity index (χ0n) is 8.56. The van der Waals surface area contributed by atoms with E-state index in [4.69, 9.17) is 5.11 Å². The highest BCUT2D eigenvalue weighted by molar-refractivity contribution is 9.10. The molecule has 0 aliphatic heterocycles. The van der Waals surface area contributed by atoms with Crippen LogP contribution in [-0.4, -0.2) is 15.9 Å². The minimum Gasteiger partial charge on any atom is -0.480 e. The van der Waals surface area contributed by atoms with Gasteiger partial charge in [-0.25, -0.2) is 0 Å². The molecular weight excluding hydrogens is 268 g/mol. The van der Waals surface area contributed by atoms with Crippen LogP contribution < -0.4 is 0 Å². The van der Waals surface area contributed by atoms with Crippen molar-refractivity contribution >= 4 is 32.7 Å². The highest BCUT2D eigenvalue weighted by atomic mass is 79.9. The van der Waals surface area contributed by atoms with Gasteiger partial charge in [0.2, 0.25) is 0 Å². The monoisotopic (exact) mass is 278 g/mol. The summed E-state index contributed by atoms with van der Waals surface area (Å²) in [6.07, 6.45) is 0.500. The zero-order valence-corrected chi connectivity index (χ0v) is 10.1. The van der Waals surface area contributed by atoms with Crippen molar-refractivity contribution in [3.63, 3.8) is 0 Å². The number of benzene rings is 2. The van der Waals surface area contributed by atoms with Crippen LogP contribution in [0.1, 0.15) is 5.56 Å². The van der Waals surface area contributed by atoms with Crippen molar-refractivity contribution in [1.29, 1.82) is 0 Å². The Kier molecular flexibility index (Phi) is 3.25. The molecule has 0 aliphatic rings. The Labute approximate surface area is 102 Å². The number of rotatable bonds is 3. The van der Waals surface area contributed by atoms with Crippen LogP contribution in [0.25, 0.3) is 10.8 Å². The van der Waals surface area contributed by atoms with Crippen molar-refractivity contribution in [3.05, 3.63) is 48.0 Å². The predicted molar refractivity (Wildman–Crippen MR) is 68.0 cm³/mol. The molecule has 1 N–H and O–H groups in total. The van der Waals surface area contributed by atoms with Gasteiger partial charge in [-0.1, -0.05) is 58.4 Å². The molecule has 0 saturated carbocycles. The predicted octanol–water partition coefficient (Wildman–Crippen LogP) is 3.23. The molecule has 1 atom stereocenters. The summed E-state index contributed by atoms with van der Waals surface area (Å²) in [6, 6.07) is 14.1. The Hall–Kier alpha value is -1.35. The van der Waals surface area contributed by atoms with E-state index >= 15 is 0 Å². The Balaban J connectivity index is 2.29. The fraction of sp³-hybridized carbons (Fsp3) is 0.154. The Morgan fingerprint density at radius 1 is 1.19 bits per heavy atom.